The van der Waals surface area contributed by atoms with E-state index in [0.717, 1.165) is 23.6 Å². The number of nitrogens with two attached hydrogens (primary N) is 1. The first kappa shape index (κ1) is 49.5. The first-order valence-corrected chi connectivity index (χ1v) is 20.5. The van der Waals surface area contributed by atoms with Crippen LogP contribution < -0.4 is 16.4 Å². The summed E-state index contributed by atoms with van der Waals surface area (Å²) in [5.41, 5.74) is 4.30. The van der Waals surface area contributed by atoms with E-state index in [0.29, 0.717) is 12.3 Å². The number of aliphatic hydroxyl groups is 2. The van der Waals surface area contributed by atoms with Crippen molar-refractivity contribution in [2.24, 2.45) is 5.41 Å². The van der Waals surface area contributed by atoms with E-state index in [1.807, 2.05) is 0 Å². The van der Waals surface area contributed by atoms with Crippen molar-refractivity contribution in [3.05, 3.63) is 19.6 Å². The summed E-state index contributed by atoms with van der Waals surface area (Å²) in [4.78, 5) is 74.6. The number of hydrogen-bond donors (Lipinski definition) is 10. The topological polar surface area (TPSA) is 347 Å². The Morgan fingerprint density at radius 1 is 1.11 bits per heavy atom. The van der Waals surface area contributed by atoms with Gasteiger partial charge in [-0.2, -0.15) is 23.4 Å². The molecule has 0 bridgehead atoms. The van der Waals surface area contributed by atoms with Gasteiger partial charge in [0.05, 0.1) is 19.5 Å². The van der Waals surface area contributed by atoms with Gasteiger partial charge in [-0.25, -0.2) is 28.6 Å². The van der Waals surface area contributed by atoms with E-state index in [1.165, 1.54) is 20.3 Å². The quantitative estimate of drug-likeness (QED) is 0.0382. The molecule has 2 unspecified atom stereocenters. The van der Waals surface area contributed by atoms with Crippen LogP contribution in [-0.4, -0.2) is 118 Å². The van der Waals surface area contributed by atoms with Crippen LogP contribution in [0.1, 0.15) is 46.3 Å². The summed E-state index contributed by atoms with van der Waals surface area (Å²) in [5.74, 6) is -0.943. The molecule has 305 valence electrons. The molecule has 0 aromatic carbocycles. The smallest absolute Gasteiger partial charge is 0.386 e. The van der Waals surface area contributed by atoms with Crippen LogP contribution in [-0.2, 0) is 65.4 Å². The number of rotatable bonds is 19. The second-order valence-corrected chi connectivity index (χ2v) is 16.3. The third-order valence-corrected chi connectivity index (χ3v) is 10.2. The molecule has 1 saturated heterocycles. The summed E-state index contributed by atoms with van der Waals surface area (Å²) < 4.78 is 61.7. The van der Waals surface area contributed by atoms with Gasteiger partial charge in [0.15, 0.2) is 17.7 Å². The average molecular weight is 926 g/mol. The summed E-state index contributed by atoms with van der Waals surface area (Å²) in [6, 6.07) is 0. The fourth-order valence-electron chi connectivity index (χ4n) is 4.14. The maximum atomic E-state index is 12.6. The van der Waals surface area contributed by atoms with Gasteiger partial charge >= 0.3 is 42.9 Å². The number of hydrogen-bond acceptors (Lipinski definition) is 17. The number of phosphoric acid groups is 3. The molecule has 0 spiro atoms. The second kappa shape index (κ2) is 21.7. The van der Waals surface area contributed by atoms with Crippen LogP contribution in [0, 0.1) is 12.3 Å². The number of thiol groups is 1. The van der Waals surface area contributed by atoms with Crippen LogP contribution in [0.25, 0.3) is 11.2 Å². The number of nitrogens with one attached hydrogen (secondary N) is 2. The minimum Gasteiger partial charge on any atom is -0.386 e. The minimum atomic E-state index is -5.54. The SMILES string of the molecule is CC(C)(COP(=O)(O)OP(=O)(O)OC[C@H]1O[C@@H](n2cnc3c(N)ncnc32)[C@H](O)[C@@H]1OP(=O)(O)O)[C@@H](O)C(=O)NCCC(=O)NCCS.[CH2-]CCC.[Ru+]. The van der Waals surface area contributed by atoms with Crippen molar-refractivity contribution >= 4 is 64.9 Å². The Balaban J connectivity index is 0.00000267. The summed E-state index contributed by atoms with van der Waals surface area (Å²) in [5, 5.41) is 26.1. The molecule has 1 radical (unpaired) electrons. The van der Waals surface area contributed by atoms with Gasteiger partial charge in [0.2, 0.25) is 11.8 Å². The van der Waals surface area contributed by atoms with Crippen molar-refractivity contribution in [2.75, 3.05) is 37.8 Å². The maximum Gasteiger partial charge on any atom is 1.00 e. The summed E-state index contributed by atoms with van der Waals surface area (Å²) in [6.07, 6.45) is -4.46. The average Bonchev–Trinajstić information content (AvgIpc) is 3.61. The Hall–Kier alpha value is -1.49. The molecule has 2 aromatic heterocycles. The molecule has 28 heteroatoms. The maximum absolute atomic E-state index is 12.6. The van der Waals surface area contributed by atoms with Gasteiger partial charge in [-0.15, -0.1) is 0 Å². The van der Waals surface area contributed by atoms with Gasteiger partial charge in [0.25, 0.3) is 0 Å². The number of nitrogens with zero attached hydrogens (tertiary/aromatic N) is 4. The molecule has 0 aliphatic carbocycles. The molecule has 2 aromatic rings. The number of anilines is 1. The van der Waals surface area contributed by atoms with E-state index < -0.39 is 78.6 Å². The molecule has 0 saturated carbocycles. The zero-order valence-corrected chi connectivity index (χ0v) is 34.0. The number of carbonyl (C=O) groups is 2. The first-order valence-electron chi connectivity index (χ1n) is 15.4. The van der Waals surface area contributed by atoms with Crippen LogP contribution in [0.4, 0.5) is 5.82 Å². The third kappa shape index (κ3) is 15.9. The number of fused-ring (bicyclic) bond motifs is 1. The number of ether oxygens (including phenoxy) is 1. The number of carbonyl (C=O) groups excluding carboxylic acids is 2. The van der Waals surface area contributed by atoms with Crippen molar-refractivity contribution in [1.82, 2.24) is 30.2 Å². The molecule has 2 amide bonds. The van der Waals surface area contributed by atoms with Crippen molar-refractivity contribution < 1.29 is 95.2 Å². The first-order chi connectivity index (χ1) is 24.1. The Morgan fingerprint density at radius 2 is 1.74 bits per heavy atom. The Labute approximate surface area is 322 Å². The summed E-state index contributed by atoms with van der Waals surface area (Å²) in [6.45, 7) is 6.45. The van der Waals surface area contributed by atoms with E-state index in [2.05, 4.69) is 60.9 Å². The number of amides is 2. The molecular weight excluding hydrogens is 880 g/mol. The van der Waals surface area contributed by atoms with Gasteiger partial charge in [0.1, 0.15) is 36.3 Å². The molecule has 3 rings (SSSR count). The molecule has 23 nitrogen and oxygen atoms in total. The minimum absolute atomic E-state index is 0. The number of aromatic nitrogens is 4. The fraction of sp³-hybridized carbons (Fsp3) is 0.680. The van der Waals surface area contributed by atoms with Crippen molar-refractivity contribution in [3.8, 4) is 0 Å². The zero-order valence-electron chi connectivity index (χ0n) is 28.7. The fourth-order valence-corrected chi connectivity index (χ4v) is 7.08. The van der Waals surface area contributed by atoms with Gasteiger partial charge in [-0.05, 0) is 0 Å². The van der Waals surface area contributed by atoms with Crippen LogP contribution in [0.2, 0.25) is 0 Å². The molecule has 3 heterocycles. The van der Waals surface area contributed by atoms with Crippen molar-refractivity contribution in [2.45, 2.75) is 70.7 Å². The predicted octanol–water partition coefficient (Wildman–Crippen LogP) is -0.0472. The van der Waals surface area contributed by atoms with E-state index in [4.69, 9.17) is 19.5 Å². The Morgan fingerprint density at radius 3 is 2.32 bits per heavy atom. The number of phosphoric ester groups is 3. The summed E-state index contributed by atoms with van der Waals surface area (Å²) in [7, 11) is -16.3. The Kier molecular flexibility index (Phi) is 20.3. The third-order valence-electron chi connectivity index (χ3n) is 6.87. The molecule has 10 N–H and O–H groups in total. The van der Waals surface area contributed by atoms with Gasteiger partial charge in [-0.1, -0.05) is 27.2 Å². The number of imidazole rings is 1. The molecule has 1 aliphatic heterocycles. The summed E-state index contributed by atoms with van der Waals surface area (Å²) >= 11 is 3.95. The number of nitrogen functional groups attached to an aromatic ring is 1. The standard InChI is InChI=1S/C21H36N7O16P3S.C4H9.Ru/c1-21(2,16(31)19(32)24-4-3-12(29)23-5-6-48)8-41-47(38,39)44-46(36,37)40-7-11-15(43-45(33,34)35)14(30)20(42-11)28-10-27-13-17(22)25-9-26-18(13)28;1-3-4-2;/h9-11,14-16,20,30-31,48H,3-8H2,1-2H3,(H,23,29)(H,24,32)(H,36,37)(H,38,39)(H2,22,25,26)(H2,33,34,35);1,3-4H2,2H3;/q;-1;+1/t11-,14-,15-,16+,20-;;/m1../s1. The van der Waals surface area contributed by atoms with Crippen LogP contribution >= 0.6 is 36.1 Å². The van der Waals surface area contributed by atoms with Crippen LogP contribution in [0.15, 0.2) is 12.7 Å². The van der Waals surface area contributed by atoms with E-state index in [-0.39, 0.29) is 55.3 Å². The predicted molar refractivity (Wildman–Crippen MR) is 184 cm³/mol. The van der Waals surface area contributed by atoms with Crippen molar-refractivity contribution in [3.63, 3.8) is 0 Å². The molecular formula is C25H45N7O16P3RuS. The number of unbranched alkanes of at least 4 members (excludes halogenated alkanes) is 1. The van der Waals surface area contributed by atoms with Crippen LogP contribution in [0.3, 0.4) is 0 Å². The monoisotopic (exact) mass is 926 g/mol. The van der Waals surface area contributed by atoms with Gasteiger partial charge < -0.3 is 57.8 Å². The van der Waals surface area contributed by atoms with Crippen molar-refractivity contribution in [1.29, 1.82) is 0 Å². The van der Waals surface area contributed by atoms with E-state index in [9.17, 15) is 53.1 Å². The largest absolute Gasteiger partial charge is 1.00 e. The number of aliphatic hydroxyl groups excluding tert-OH is 2. The molecule has 7 atom stereocenters. The van der Waals surface area contributed by atoms with E-state index in [1.54, 1.807) is 0 Å². The molecule has 1 fully saturated rings. The second-order valence-electron chi connectivity index (χ2n) is 11.6. The van der Waals surface area contributed by atoms with E-state index >= 15 is 0 Å². The van der Waals surface area contributed by atoms with Gasteiger partial charge in [-0.3, -0.25) is 27.7 Å². The van der Waals surface area contributed by atoms with Crippen LogP contribution in [0.5, 0.6) is 0 Å². The zero-order chi connectivity index (χ0) is 39.5. The normalized spacial score (nSPS) is 21.7. The molecule has 53 heavy (non-hydrogen) atoms. The Bertz CT molecular complexity index is 1640. The molecule has 1 aliphatic rings. The van der Waals surface area contributed by atoms with Gasteiger partial charge in [0, 0.05) is 30.7 Å².